The molecule has 3 rings (SSSR count). The lowest BCUT2D eigenvalue weighted by Crippen LogP contribution is -2.44. The fourth-order valence-corrected chi connectivity index (χ4v) is 3.18. The van der Waals surface area contributed by atoms with E-state index in [0.29, 0.717) is 15.9 Å². The number of carbonyl (C=O) groups is 1. The summed E-state index contributed by atoms with van der Waals surface area (Å²) in [6, 6.07) is 12.2. The van der Waals surface area contributed by atoms with Gasteiger partial charge in [-0.05, 0) is 24.5 Å². The van der Waals surface area contributed by atoms with E-state index in [4.69, 9.17) is 23.2 Å². The minimum atomic E-state index is -0.152. The molecule has 1 saturated heterocycles. The molecule has 1 aromatic carbocycles. The normalized spacial score (nSPS) is 16.4. The number of likely N-dealkylation sites (tertiary alicyclic amines) is 1. The largest absolute Gasteiger partial charge is 0.348 e. The summed E-state index contributed by atoms with van der Waals surface area (Å²) in [7, 11) is 0. The van der Waals surface area contributed by atoms with Gasteiger partial charge >= 0.3 is 0 Å². The molecule has 2 aromatic rings. The number of rotatable bonds is 4. The molecule has 0 aliphatic carbocycles. The zero-order chi connectivity index (χ0) is 16.2. The Hall–Kier alpha value is -1.49. The Bertz CT molecular complexity index is 644. The number of hydrogen-bond acceptors (Lipinski definition) is 2. The molecule has 2 N–H and O–H groups in total. The van der Waals surface area contributed by atoms with Crippen molar-refractivity contribution in [2.24, 2.45) is 0 Å². The first kappa shape index (κ1) is 16.4. The summed E-state index contributed by atoms with van der Waals surface area (Å²) in [4.78, 5) is 17.4. The molecular weight excluding hydrogens is 333 g/mol. The lowest BCUT2D eigenvalue weighted by atomic mass is 10.0. The van der Waals surface area contributed by atoms with Crippen molar-refractivity contribution in [1.82, 2.24) is 15.2 Å². The highest BCUT2D eigenvalue weighted by molar-refractivity contribution is 6.41. The first-order valence-corrected chi connectivity index (χ1v) is 8.48. The summed E-state index contributed by atoms with van der Waals surface area (Å²) in [5.41, 5.74) is 1.73. The lowest BCUT2D eigenvalue weighted by molar-refractivity contribution is 0.0904. The number of H-pyrrole nitrogens is 1. The van der Waals surface area contributed by atoms with Gasteiger partial charge in [0.15, 0.2) is 0 Å². The Labute approximate surface area is 145 Å². The second-order valence-corrected chi connectivity index (χ2v) is 6.64. The third-order valence-corrected chi connectivity index (χ3v) is 4.83. The zero-order valence-corrected chi connectivity index (χ0v) is 14.2. The van der Waals surface area contributed by atoms with E-state index in [1.807, 2.05) is 6.07 Å². The summed E-state index contributed by atoms with van der Waals surface area (Å²) >= 11 is 11.7. The van der Waals surface area contributed by atoms with Crippen molar-refractivity contribution in [2.75, 3.05) is 13.1 Å². The first-order chi connectivity index (χ1) is 11.1. The molecule has 1 amide bonds. The Kier molecular flexibility index (Phi) is 5.26. The van der Waals surface area contributed by atoms with Crippen molar-refractivity contribution in [2.45, 2.75) is 25.4 Å². The van der Waals surface area contributed by atoms with Crippen molar-refractivity contribution in [3.63, 3.8) is 0 Å². The first-order valence-electron chi connectivity index (χ1n) is 7.73. The topological polar surface area (TPSA) is 48.1 Å². The standard InChI is InChI=1S/C17H19Cl2N3O/c18-14-10-15(21-16(14)19)17(23)20-13-6-8-22(9-7-13)11-12-4-2-1-3-5-12/h1-5,10,13,21H,6-9,11H2,(H,20,23). The number of carbonyl (C=O) groups excluding carboxylic acids is 1. The van der Waals surface area contributed by atoms with Crippen LogP contribution >= 0.6 is 23.2 Å². The molecule has 0 radical (unpaired) electrons. The van der Waals surface area contributed by atoms with Gasteiger partial charge in [0, 0.05) is 25.7 Å². The molecule has 2 heterocycles. The van der Waals surface area contributed by atoms with Crippen LogP contribution in [0.25, 0.3) is 0 Å². The maximum Gasteiger partial charge on any atom is 0.268 e. The number of amides is 1. The van der Waals surface area contributed by atoms with Gasteiger partial charge in [0.1, 0.15) is 10.8 Å². The molecule has 0 spiro atoms. The van der Waals surface area contributed by atoms with Crippen molar-refractivity contribution in [3.8, 4) is 0 Å². The zero-order valence-electron chi connectivity index (χ0n) is 12.7. The predicted octanol–water partition coefficient (Wildman–Crippen LogP) is 3.72. The van der Waals surface area contributed by atoms with E-state index in [-0.39, 0.29) is 11.9 Å². The van der Waals surface area contributed by atoms with Crippen LogP contribution in [0.5, 0.6) is 0 Å². The molecule has 1 fully saturated rings. The molecule has 0 bridgehead atoms. The minimum Gasteiger partial charge on any atom is -0.348 e. The molecule has 1 aliphatic rings. The predicted molar refractivity (Wildman–Crippen MR) is 93.0 cm³/mol. The molecule has 23 heavy (non-hydrogen) atoms. The van der Waals surface area contributed by atoms with Crippen LogP contribution in [0.15, 0.2) is 36.4 Å². The highest BCUT2D eigenvalue weighted by Crippen LogP contribution is 2.22. The molecule has 0 unspecified atom stereocenters. The van der Waals surface area contributed by atoms with E-state index >= 15 is 0 Å². The van der Waals surface area contributed by atoms with Crippen LogP contribution in [-0.4, -0.2) is 34.9 Å². The van der Waals surface area contributed by atoms with Crippen LogP contribution in [0, 0.1) is 0 Å². The molecule has 1 aromatic heterocycles. The lowest BCUT2D eigenvalue weighted by Gasteiger charge is -2.32. The van der Waals surface area contributed by atoms with Gasteiger partial charge in [-0.1, -0.05) is 53.5 Å². The van der Waals surface area contributed by atoms with E-state index < -0.39 is 0 Å². The number of aromatic amines is 1. The third-order valence-electron chi connectivity index (χ3n) is 4.14. The maximum absolute atomic E-state index is 12.2. The highest BCUT2D eigenvalue weighted by Gasteiger charge is 2.22. The maximum atomic E-state index is 12.2. The molecule has 0 saturated carbocycles. The highest BCUT2D eigenvalue weighted by atomic mass is 35.5. The quantitative estimate of drug-likeness (QED) is 0.881. The fourth-order valence-electron chi connectivity index (χ4n) is 2.87. The number of nitrogens with zero attached hydrogens (tertiary/aromatic N) is 1. The van der Waals surface area contributed by atoms with Gasteiger partial charge in [-0.25, -0.2) is 0 Å². The minimum absolute atomic E-state index is 0.152. The summed E-state index contributed by atoms with van der Waals surface area (Å²) in [5.74, 6) is -0.152. The van der Waals surface area contributed by atoms with Crippen molar-refractivity contribution >= 4 is 29.1 Å². The van der Waals surface area contributed by atoms with Gasteiger partial charge in [-0.2, -0.15) is 0 Å². The number of halogens is 2. The van der Waals surface area contributed by atoms with Crippen LogP contribution in [0.2, 0.25) is 10.2 Å². The van der Waals surface area contributed by atoms with Crippen LogP contribution < -0.4 is 5.32 Å². The van der Waals surface area contributed by atoms with E-state index in [1.165, 1.54) is 5.56 Å². The van der Waals surface area contributed by atoms with Crippen molar-refractivity contribution in [3.05, 3.63) is 57.8 Å². The van der Waals surface area contributed by atoms with Crippen molar-refractivity contribution in [1.29, 1.82) is 0 Å². The van der Waals surface area contributed by atoms with E-state index in [1.54, 1.807) is 6.07 Å². The number of benzene rings is 1. The van der Waals surface area contributed by atoms with Gasteiger partial charge in [0.05, 0.1) is 5.02 Å². The van der Waals surface area contributed by atoms with E-state index in [9.17, 15) is 4.79 Å². The molecule has 4 nitrogen and oxygen atoms in total. The Morgan fingerprint density at radius 2 is 1.91 bits per heavy atom. The average molecular weight is 352 g/mol. The Morgan fingerprint density at radius 1 is 1.22 bits per heavy atom. The van der Waals surface area contributed by atoms with Gasteiger partial charge in [0.2, 0.25) is 0 Å². The molecule has 122 valence electrons. The van der Waals surface area contributed by atoms with Gasteiger partial charge in [0.25, 0.3) is 5.91 Å². The second-order valence-electron chi connectivity index (χ2n) is 5.85. The van der Waals surface area contributed by atoms with Crippen LogP contribution in [0.3, 0.4) is 0 Å². The number of aromatic nitrogens is 1. The third kappa shape index (κ3) is 4.28. The number of hydrogen-bond donors (Lipinski definition) is 2. The molecule has 6 heteroatoms. The summed E-state index contributed by atoms with van der Waals surface area (Å²) in [5, 5.41) is 3.72. The second kappa shape index (κ2) is 7.39. The summed E-state index contributed by atoms with van der Waals surface area (Å²) < 4.78 is 0. The molecule has 0 atom stereocenters. The fraction of sp³-hybridized carbons (Fsp3) is 0.353. The summed E-state index contributed by atoms with van der Waals surface area (Å²) in [6.07, 6.45) is 1.89. The average Bonchev–Trinajstić information content (AvgIpc) is 2.90. The van der Waals surface area contributed by atoms with Crippen LogP contribution in [0.4, 0.5) is 0 Å². The van der Waals surface area contributed by atoms with E-state index in [2.05, 4.69) is 39.5 Å². The number of nitrogens with one attached hydrogen (secondary N) is 2. The monoisotopic (exact) mass is 351 g/mol. The Balaban J connectivity index is 1.48. The van der Waals surface area contributed by atoms with Crippen LogP contribution in [-0.2, 0) is 6.54 Å². The SMILES string of the molecule is O=C(NC1CCN(Cc2ccccc2)CC1)c1cc(Cl)c(Cl)[nH]1. The van der Waals surface area contributed by atoms with Gasteiger partial charge in [-0.15, -0.1) is 0 Å². The smallest absolute Gasteiger partial charge is 0.268 e. The van der Waals surface area contributed by atoms with Gasteiger partial charge < -0.3 is 10.3 Å². The molecule has 1 aliphatic heterocycles. The van der Waals surface area contributed by atoms with Crippen molar-refractivity contribution < 1.29 is 4.79 Å². The number of piperidine rings is 1. The molecular formula is C17H19Cl2N3O. The Morgan fingerprint density at radius 3 is 2.52 bits per heavy atom. The van der Waals surface area contributed by atoms with Gasteiger partial charge in [-0.3, -0.25) is 9.69 Å². The summed E-state index contributed by atoms with van der Waals surface area (Å²) in [6.45, 7) is 2.92. The van der Waals surface area contributed by atoms with E-state index in [0.717, 1.165) is 32.5 Å². The van der Waals surface area contributed by atoms with Crippen LogP contribution in [0.1, 0.15) is 28.9 Å².